The van der Waals surface area contributed by atoms with E-state index in [1.807, 2.05) is 24.3 Å². The van der Waals surface area contributed by atoms with Crippen molar-refractivity contribution in [2.24, 2.45) is 5.92 Å². The third-order valence-corrected chi connectivity index (χ3v) is 5.45. The molecule has 1 aromatic heterocycles. The van der Waals surface area contributed by atoms with Crippen LogP contribution in [-0.4, -0.2) is 32.7 Å². The second kappa shape index (κ2) is 7.12. The van der Waals surface area contributed by atoms with Gasteiger partial charge in [-0.25, -0.2) is 17.8 Å². The van der Waals surface area contributed by atoms with Gasteiger partial charge < -0.3 is 4.90 Å². The lowest BCUT2D eigenvalue weighted by Crippen LogP contribution is -2.21. The van der Waals surface area contributed by atoms with E-state index >= 15 is 0 Å². The van der Waals surface area contributed by atoms with Gasteiger partial charge in [-0.2, -0.15) is 0 Å². The molecule has 2 aromatic rings. The highest BCUT2D eigenvalue weighted by Gasteiger charge is 2.23. The van der Waals surface area contributed by atoms with Gasteiger partial charge in [0.05, 0.1) is 5.75 Å². The van der Waals surface area contributed by atoms with Gasteiger partial charge in [0.25, 0.3) is 0 Å². The summed E-state index contributed by atoms with van der Waals surface area (Å²) in [5, 5.41) is 0. The maximum absolute atomic E-state index is 13.4. The summed E-state index contributed by atoms with van der Waals surface area (Å²) < 4.78 is 36.1. The summed E-state index contributed by atoms with van der Waals surface area (Å²) >= 11 is 0. The van der Waals surface area contributed by atoms with E-state index in [2.05, 4.69) is 9.88 Å². The normalized spacial score (nSPS) is 17.9. The number of nitrogens with zero attached hydrogens (tertiary/aromatic N) is 2. The van der Waals surface area contributed by atoms with Crippen LogP contribution in [-0.2, 0) is 22.0 Å². The predicted octanol–water partition coefficient (Wildman–Crippen LogP) is 3.14. The van der Waals surface area contributed by atoms with Gasteiger partial charge in [0.1, 0.15) is 11.6 Å². The van der Waals surface area contributed by atoms with Crippen molar-refractivity contribution in [3.63, 3.8) is 0 Å². The predicted molar refractivity (Wildman–Crippen MR) is 97.9 cm³/mol. The lowest BCUT2D eigenvalue weighted by atomic mass is 9.97. The summed E-state index contributed by atoms with van der Waals surface area (Å²) in [5.74, 6) is 1.26. The lowest BCUT2D eigenvalue weighted by Gasteiger charge is -2.18. The highest BCUT2D eigenvalue weighted by atomic mass is 32.2. The van der Waals surface area contributed by atoms with Crippen LogP contribution < -0.4 is 4.90 Å². The number of halogens is 1. The molecule has 1 atom stereocenters. The van der Waals surface area contributed by atoms with Crippen molar-refractivity contribution >= 4 is 15.7 Å². The van der Waals surface area contributed by atoms with E-state index < -0.39 is 9.84 Å². The van der Waals surface area contributed by atoms with Crippen LogP contribution in [0.3, 0.4) is 0 Å². The number of benzene rings is 1. The third-order valence-electron chi connectivity index (χ3n) is 4.59. The Kier molecular flexibility index (Phi) is 5.08. The van der Waals surface area contributed by atoms with Gasteiger partial charge >= 0.3 is 0 Å². The molecule has 0 radical (unpaired) electrons. The Hall–Kier alpha value is -1.95. The number of hydrogen-bond donors (Lipinski definition) is 0. The largest absolute Gasteiger partial charge is 0.356 e. The van der Waals surface area contributed by atoms with E-state index in [1.54, 1.807) is 19.2 Å². The Morgan fingerprint density at radius 1 is 1.24 bits per heavy atom. The summed E-state index contributed by atoms with van der Waals surface area (Å²) in [6.45, 7) is 3.64. The Bertz CT molecular complexity index is 850. The monoisotopic (exact) mass is 362 g/mol. The molecule has 4 nitrogen and oxygen atoms in total. The Morgan fingerprint density at radius 2 is 2.00 bits per heavy atom. The van der Waals surface area contributed by atoms with E-state index in [0.717, 1.165) is 31.7 Å². The minimum absolute atomic E-state index is 0.0207. The third kappa shape index (κ3) is 4.78. The highest BCUT2D eigenvalue weighted by Crippen LogP contribution is 2.25. The SMILES string of the molecule is Cc1cc(CC2CCN(c3ccc(CS(C)(=O)=O)cn3)C2)ccc1F. The standard InChI is InChI=1S/C19H23FN2O2S/c1-14-9-15(3-5-18(14)20)10-16-7-8-22(12-16)19-6-4-17(11-21-19)13-25(2,23)24/h3-6,9,11,16H,7-8,10,12-13H2,1-2H3. The van der Waals surface area contributed by atoms with Gasteiger partial charge in [0.15, 0.2) is 9.84 Å². The first-order chi connectivity index (χ1) is 11.8. The van der Waals surface area contributed by atoms with Crippen molar-refractivity contribution in [2.75, 3.05) is 24.2 Å². The van der Waals surface area contributed by atoms with Crippen LogP contribution in [0.15, 0.2) is 36.5 Å². The molecule has 1 aliphatic rings. The van der Waals surface area contributed by atoms with Gasteiger partial charge in [-0.1, -0.05) is 18.2 Å². The van der Waals surface area contributed by atoms with Crippen LogP contribution in [0.2, 0.25) is 0 Å². The average Bonchev–Trinajstić information content (AvgIpc) is 2.99. The number of aryl methyl sites for hydroxylation is 1. The molecule has 1 unspecified atom stereocenters. The zero-order valence-electron chi connectivity index (χ0n) is 14.6. The van der Waals surface area contributed by atoms with Crippen LogP contribution in [0.25, 0.3) is 0 Å². The van der Waals surface area contributed by atoms with Crippen LogP contribution in [0.4, 0.5) is 10.2 Å². The molecule has 1 fully saturated rings. The van der Waals surface area contributed by atoms with Gasteiger partial charge in [-0.05, 0) is 54.5 Å². The van der Waals surface area contributed by atoms with Crippen molar-refractivity contribution in [1.82, 2.24) is 4.98 Å². The number of anilines is 1. The molecular weight excluding hydrogens is 339 g/mol. The molecule has 25 heavy (non-hydrogen) atoms. The summed E-state index contributed by atoms with van der Waals surface area (Å²) in [5.41, 5.74) is 2.57. The Morgan fingerprint density at radius 3 is 2.64 bits per heavy atom. The molecule has 3 rings (SSSR count). The van der Waals surface area contributed by atoms with E-state index in [1.165, 1.54) is 11.8 Å². The molecule has 0 saturated carbocycles. The Balaban J connectivity index is 1.61. The van der Waals surface area contributed by atoms with E-state index in [0.29, 0.717) is 17.0 Å². The average molecular weight is 362 g/mol. The molecule has 0 spiro atoms. The molecule has 1 aromatic carbocycles. The number of rotatable bonds is 5. The second-order valence-electron chi connectivity index (χ2n) is 6.98. The summed E-state index contributed by atoms with van der Waals surface area (Å²) in [4.78, 5) is 6.65. The van der Waals surface area contributed by atoms with Gasteiger partial charge in [0.2, 0.25) is 0 Å². The van der Waals surface area contributed by atoms with Crippen LogP contribution in [0, 0.1) is 18.7 Å². The van der Waals surface area contributed by atoms with E-state index in [4.69, 9.17) is 0 Å². The number of pyridine rings is 1. The number of aromatic nitrogens is 1. The van der Waals surface area contributed by atoms with Gasteiger partial charge in [0, 0.05) is 25.5 Å². The first kappa shape index (κ1) is 17.9. The summed E-state index contributed by atoms with van der Waals surface area (Å²) in [6, 6.07) is 9.06. The zero-order chi connectivity index (χ0) is 18.0. The molecule has 134 valence electrons. The van der Waals surface area contributed by atoms with Crippen molar-refractivity contribution in [1.29, 1.82) is 0 Å². The highest BCUT2D eigenvalue weighted by molar-refractivity contribution is 7.89. The topological polar surface area (TPSA) is 50.3 Å². The molecule has 1 aliphatic heterocycles. The van der Waals surface area contributed by atoms with Gasteiger partial charge in [-0.3, -0.25) is 0 Å². The van der Waals surface area contributed by atoms with Crippen LogP contribution in [0.5, 0.6) is 0 Å². The zero-order valence-corrected chi connectivity index (χ0v) is 15.4. The lowest BCUT2D eigenvalue weighted by molar-refractivity contribution is 0.581. The quantitative estimate of drug-likeness (QED) is 0.820. The van der Waals surface area contributed by atoms with Crippen LogP contribution in [0.1, 0.15) is 23.1 Å². The fourth-order valence-electron chi connectivity index (χ4n) is 3.37. The maximum atomic E-state index is 13.4. The van der Waals surface area contributed by atoms with Crippen molar-refractivity contribution in [3.05, 3.63) is 59.0 Å². The van der Waals surface area contributed by atoms with E-state index in [-0.39, 0.29) is 11.6 Å². The van der Waals surface area contributed by atoms with Crippen molar-refractivity contribution in [2.45, 2.75) is 25.5 Å². The summed E-state index contributed by atoms with van der Waals surface area (Å²) in [6.07, 6.45) is 4.88. The molecule has 0 N–H and O–H groups in total. The minimum atomic E-state index is -3.04. The maximum Gasteiger partial charge on any atom is 0.151 e. The van der Waals surface area contributed by atoms with Crippen LogP contribution >= 0.6 is 0 Å². The van der Waals surface area contributed by atoms with Gasteiger partial charge in [-0.15, -0.1) is 0 Å². The smallest absolute Gasteiger partial charge is 0.151 e. The fourth-order valence-corrected chi connectivity index (χ4v) is 4.14. The fraction of sp³-hybridized carbons (Fsp3) is 0.421. The number of hydrogen-bond acceptors (Lipinski definition) is 4. The molecule has 0 bridgehead atoms. The molecular formula is C19H23FN2O2S. The molecule has 2 heterocycles. The second-order valence-corrected chi connectivity index (χ2v) is 9.12. The molecule has 0 aliphatic carbocycles. The summed E-state index contributed by atoms with van der Waals surface area (Å²) in [7, 11) is -3.04. The Labute approximate surface area is 148 Å². The molecule has 0 amide bonds. The first-order valence-corrected chi connectivity index (χ1v) is 10.5. The van der Waals surface area contributed by atoms with Crippen molar-refractivity contribution in [3.8, 4) is 0 Å². The minimum Gasteiger partial charge on any atom is -0.356 e. The van der Waals surface area contributed by atoms with Crippen molar-refractivity contribution < 1.29 is 12.8 Å². The number of sulfone groups is 1. The molecule has 1 saturated heterocycles. The first-order valence-electron chi connectivity index (χ1n) is 8.43. The van der Waals surface area contributed by atoms with E-state index in [9.17, 15) is 12.8 Å². The molecule has 6 heteroatoms.